The number of aromatic nitrogens is 1. The van der Waals surface area contributed by atoms with Crippen molar-refractivity contribution in [2.24, 2.45) is 0 Å². The predicted octanol–water partition coefficient (Wildman–Crippen LogP) is 0.628. The maximum atomic E-state index is 12.1. The van der Waals surface area contributed by atoms with Crippen LogP contribution < -0.4 is 10.7 Å². The molecule has 0 saturated heterocycles. The molecule has 1 unspecified atom stereocenters. The highest BCUT2D eigenvalue weighted by molar-refractivity contribution is 5.97. The van der Waals surface area contributed by atoms with Crippen LogP contribution >= 0.6 is 0 Å². The van der Waals surface area contributed by atoms with Crippen LogP contribution in [-0.2, 0) is 0 Å². The molecule has 0 aliphatic heterocycles. The number of rotatable bonds is 6. The number of aromatic carboxylic acids is 1. The molecule has 0 saturated carbocycles. The van der Waals surface area contributed by atoms with Crippen molar-refractivity contribution >= 4 is 11.9 Å². The van der Waals surface area contributed by atoms with E-state index in [-0.39, 0.29) is 18.2 Å². The van der Waals surface area contributed by atoms with Crippen molar-refractivity contribution < 1.29 is 19.8 Å². The van der Waals surface area contributed by atoms with Crippen molar-refractivity contribution in [1.82, 2.24) is 9.88 Å². The number of nitrogens with one attached hydrogen (secondary N) is 1. The van der Waals surface area contributed by atoms with Gasteiger partial charge < -0.3 is 20.1 Å². The number of pyridine rings is 1. The Kier molecular flexibility index (Phi) is 5.66. The van der Waals surface area contributed by atoms with Crippen LogP contribution in [0.4, 0.5) is 0 Å². The summed E-state index contributed by atoms with van der Waals surface area (Å²) in [6.45, 7) is 5.14. The van der Waals surface area contributed by atoms with Gasteiger partial charge in [-0.25, -0.2) is 4.79 Å². The molecule has 3 N–H and O–H groups in total. The summed E-state index contributed by atoms with van der Waals surface area (Å²) in [7, 11) is 0. The second-order valence-electron chi connectivity index (χ2n) is 5.02. The third-order valence-electron chi connectivity index (χ3n) is 3.17. The van der Waals surface area contributed by atoms with E-state index in [1.54, 1.807) is 20.8 Å². The molecule has 1 heterocycles. The Morgan fingerprint density at radius 2 is 1.86 bits per heavy atom. The van der Waals surface area contributed by atoms with Gasteiger partial charge in [0.25, 0.3) is 5.91 Å². The molecule has 0 bridgehead atoms. The first-order valence-electron chi connectivity index (χ1n) is 6.72. The van der Waals surface area contributed by atoms with E-state index in [9.17, 15) is 14.4 Å². The van der Waals surface area contributed by atoms with Gasteiger partial charge in [0.15, 0.2) is 0 Å². The summed E-state index contributed by atoms with van der Waals surface area (Å²) in [6.07, 6.45) is 3.05. The monoisotopic (exact) mass is 296 g/mol. The van der Waals surface area contributed by atoms with Crippen molar-refractivity contribution in [1.29, 1.82) is 0 Å². The summed E-state index contributed by atoms with van der Waals surface area (Å²) in [5.74, 6) is -2.06. The van der Waals surface area contributed by atoms with E-state index < -0.39 is 28.9 Å². The highest BCUT2D eigenvalue weighted by Crippen LogP contribution is 2.07. The lowest BCUT2D eigenvalue weighted by Crippen LogP contribution is -2.40. The Morgan fingerprint density at radius 1 is 1.29 bits per heavy atom. The van der Waals surface area contributed by atoms with Crippen LogP contribution in [0.2, 0.25) is 0 Å². The maximum absolute atomic E-state index is 12.1. The average molecular weight is 296 g/mol. The van der Waals surface area contributed by atoms with Crippen LogP contribution in [0.1, 0.15) is 53.9 Å². The fourth-order valence-corrected chi connectivity index (χ4v) is 1.75. The lowest BCUT2D eigenvalue weighted by atomic mass is 10.1. The van der Waals surface area contributed by atoms with Gasteiger partial charge in [0.2, 0.25) is 5.43 Å². The molecule has 0 aliphatic carbocycles. The molecule has 1 atom stereocenters. The lowest BCUT2D eigenvalue weighted by Gasteiger charge is -2.16. The van der Waals surface area contributed by atoms with Gasteiger partial charge in [-0.1, -0.05) is 6.92 Å². The van der Waals surface area contributed by atoms with Crippen molar-refractivity contribution in [3.05, 3.63) is 33.7 Å². The van der Waals surface area contributed by atoms with Crippen LogP contribution in [0, 0.1) is 0 Å². The smallest absolute Gasteiger partial charge is 0.341 e. The number of carboxylic acid groups (broad SMARTS) is 1. The fourth-order valence-electron chi connectivity index (χ4n) is 1.75. The van der Waals surface area contributed by atoms with Gasteiger partial charge in [-0.3, -0.25) is 9.59 Å². The van der Waals surface area contributed by atoms with Gasteiger partial charge in [-0.2, -0.15) is 0 Å². The van der Waals surface area contributed by atoms with Crippen LogP contribution in [0.5, 0.6) is 0 Å². The highest BCUT2D eigenvalue weighted by atomic mass is 16.4. The second kappa shape index (κ2) is 7.03. The van der Waals surface area contributed by atoms with Crippen molar-refractivity contribution in [2.45, 2.75) is 39.3 Å². The molecule has 21 heavy (non-hydrogen) atoms. The summed E-state index contributed by atoms with van der Waals surface area (Å²) < 4.78 is 1.50. The summed E-state index contributed by atoms with van der Waals surface area (Å²) in [6, 6.07) is -0.576. The molecule has 0 fully saturated rings. The molecule has 1 amide bonds. The molecule has 1 aromatic heterocycles. The number of carbonyl (C=O) groups is 2. The minimum atomic E-state index is -1.38. The lowest BCUT2D eigenvalue weighted by molar-refractivity contribution is 0.0694. The zero-order valence-electron chi connectivity index (χ0n) is 12.3. The third kappa shape index (κ3) is 3.91. The number of amides is 1. The quantitative estimate of drug-likeness (QED) is 0.713. The van der Waals surface area contributed by atoms with Gasteiger partial charge in [-0.15, -0.1) is 0 Å². The molecule has 0 aliphatic rings. The normalized spacial score (nSPS) is 12.2. The fraction of sp³-hybridized carbons (Fsp3) is 0.500. The van der Waals surface area contributed by atoms with Crippen molar-refractivity contribution in [3.8, 4) is 0 Å². The van der Waals surface area contributed by atoms with Crippen LogP contribution in [0.15, 0.2) is 17.2 Å². The molecule has 116 valence electrons. The molecular formula is C14H20N2O5. The highest BCUT2D eigenvalue weighted by Gasteiger charge is 2.20. The maximum Gasteiger partial charge on any atom is 0.341 e. The Hall–Kier alpha value is -2.15. The number of hydrogen-bond donors (Lipinski definition) is 3. The number of carbonyl (C=O) groups excluding carboxylic acids is 1. The van der Waals surface area contributed by atoms with Gasteiger partial charge in [0, 0.05) is 18.4 Å². The van der Waals surface area contributed by atoms with Gasteiger partial charge in [0.05, 0.1) is 12.6 Å². The summed E-state index contributed by atoms with van der Waals surface area (Å²) in [4.78, 5) is 35.3. The number of carboxylic acids is 1. The molecule has 1 aromatic rings. The largest absolute Gasteiger partial charge is 0.477 e. The first-order valence-corrected chi connectivity index (χ1v) is 6.72. The average Bonchev–Trinajstić information content (AvgIpc) is 2.43. The third-order valence-corrected chi connectivity index (χ3v) is 3.17. The molecule has 0 spiro atoms. The second-order valence-corrected chi connectivity index (χ2v) is 5.02. The molecule has 0 radical (unpaired) electrons. The zero-order chi connectivity index (χ0) is 16.2. The van der Waals surface area contributed by atoms with E-state index >= 15 is 0 Å². The van der Waals surface area contributed by atoms with Crippen LogP contribution in [0.25, 0.3) is 0 Å². The Labute approximate surface area is 122 Å². The molecule has 7 nitrogen and oxygen atoms in total. The summed E-state index contributed by atoms with van der Waals surface area (Å²) >= 11 is 0. The number of aliphatic hydroxyl groups excluding tert-OH is 1. The minimum Gasteiger partial charge on any atom is -0.477 e. The number of aliphatic hydroxyl groups is 1. The topological polar surface area (TPSA) is 109 Å². The first kappa shape index (κ1) is 16.9. The van der Waals surface area contributed by atoms with E-state index in [4.69, 9.17) is 10.2 Å². The zero-order valence-corrected chi connectivity index (χ0v) is 12.3. The van der Waals surface area contributed by atoms with Gasteiger partial charge in [0.1, 0.15) is 11.1 Å². The number of hydrogen-bond acceptors (Lipinski definition) is 4. The SMILES string of the molecule is CCC(CO)NC(=O)c1cn(C(C)C)cc(C(=O)O)c1=O. The molecular weight excluding hydrogens is 276 g/mol. The van der Waals surface area contributed by atoms with E-state index in [1.807, 2.05) is 0 Å². The standard InChI is InChI=1S/C14H20N2O5/c1-4-9(7-17)15-13(19)10-5-16(8(2)3)6-11(12(10)18)14(20)21/h5-6,8-9,17H,4,7H2,1-3H3,(H,15,19)(H,20,21). The van der Waals surface area contributed by atoms with E-state index in [1.165, 1.54) is 17.0 Å². The molecule has 0 aromatic carbocycles. The van der Waals surface area contributed by atoms with Gasteiger partial charge >= 0.3 is 5.97 Å². The minimum absolute atomic E-state index is 0.102. The Balaban J connectivity index is 3.31. The van der Waals surface area contributed by atoms with Crippen molar-refractivity contribution in [3.63, 3.8) is 0 Å². The molecule has 7 heteroatoms. The van der Waals surface area contributed by atoms with Crippen LogP contribution in [-0.4, -0.2) is 39.3 Å². The van der Waals surface area contributed by atoms with Crippen LogP contribution in [0.3, 0.4) is 0 Å². The number of nitrogens with zero attached hydrogens (tertiary/aromatic N) is 1. The Bertz CT molecular complexity index is 588. The van der Waals surface area contributed by atoms with E-state index in [2.05, 4.69) is 5.32 Å². The first-order chi connectivity index (χ1) is 9.81. The Morgan fingerprint density at radius 3 is 2.29 bits per heavy atom. The summed E-state index contributed by atoms with van der Waals surface area (Å²) in [5.41, 5.74) is -1.52. The van der Waals surface area contributed by atoms with Crippen molar-refractivity contribution in [2.75, 3.05) is 6.61 Å². The van der Waals surface area contributed by atoms with E-state index in [0.717, 1.165) is 0 Å². The van der Waals surface area contributed by atoms with E-state index in [0.29, 0.717) is 6.42 Å². The molecule has 1 rings (SSSR count). The predicted molar refractivity (Wildman–Crippen MR) is 76.7 cm³/mol. The van der Waals surface area contributed by atoms with Gasteiger partial charge in [-0.05, 0) is 20.3 Å². The summed E-state index contributed by atoms with van der Waals surface area (Å²) in [5, 5.41) is 20.7.